The topological polar surface area (TPSA) is 34.2 Å². The van der Waals surface area contributed by atoms with Crippen LogP contribution in [0.2, 0.25) is 5.02 Å². The van der Waals surface area contributed by atoms with E-state index in [1.807, 2.05) is 6.07 Å². The number of hydrogen-bond donors (Lipinski definition) is 1. The third-order valence-corrected chi connectivity index (χ3v) is 3.60. The molecular formula is C9H10ClIN2O. The minimum Gasteiger partial charge on any atom is -0.379 e. The standard InChI is InChI=1S/C9H10ClIN2O/c10-7-4-12-9(3-8(7)11)13-6-1-2-14-5-6/h3-4,6H,1-2,5H2,(H,12,13). The van der Waals surface area contributed by atoms with Crippen molar-refractivity contribution in [1.29, 1.82) is 0 Å². The molecule has 0 radical (unpaired) electrons. The molecular weight excluding hydrogens is 314 g/mol. The van der Waals surface area contributed by atoms with Crippen molar-refractivity contribution in [3.05, 3.63) is 20.9 Å². The fraction of sp³-hybridized carbons (Fsp3) is 0.444. The van der Waals surface area contributed by atoms with Crippen molar-refractivity contribution in [3.63, 3.8) is 0 Å². The number of hydrogen-bond acceptors (Lipinski definition) is 3. The molecule has 3 nitrogen and oxygen atoms in total. The van der Waals surface area contributed by atoms with E-state index in [1.54, 1.807) is 6.20 Å². The summed E-state index contributed by atoms with van der Waals surface area (Å²) in [6.07, 6.45) is 2.71. The van der Waals surface area contributed by atoms with Gasteiger partial charge in [-0.1, -0.05) is 11.6 Å². The lowest BCUT2D eigenvalue weighted by Gasteiger charge is -2.11. The Hall–Kier alpha value is -0.0700. The summed E-state index contributed by atoms with van der Waals surface area (Å²) < 4.78 is 6.28. The average molecular weight is 325 g/mol. The van der Waals surface area contributed by atoms with Crippen LogP contribution in [-0.2, 0) is 4.74 Å². The molecule has 1 atom stereocenters. The molecule has 1 N–H and O–H groups in total. The van der Waals surface area contributed by atoms with Gasteiger partial charge in [0.2, 0.25) is 0 Å². The first-order chi connectivity index (χ1) is 6.75. The second-order valence-corrected chi connectivity index (χ2v) is 4.76. The summed E-state index contributed by atoms with van der Waals surface area (Å²) in [6.45, 7) is 1.60. The predicted octanol–water partition coefficient (Wildman–Crippen LogP) is 2.54. The Morgan fingerprint density at radius 3 is 3.14 bits per heavy atom. The molecule has 5 heteroatoms. The molecule has 0 aromatic carbocycles. The Bertz CT molecular complexity index is 329. The van der Waals surface area contributed by atoms with E-state index in [1.165, 1.54) is 0 Å². The highest BCUT2D eigenvalue weighted by molar-refractivity contribution is 14.1. The Morgan fingerprint density at radius 2 is 2.50 bits per heavy atom. The number of halogens is 2. The third kappa shape index (κ3) is 2.49. The van der Waals surface area contributed by atoms with Gasteiger partial charge in [-0.25, -0.2) is 4.98 Å². The van der Waals surface area contributed by atoms with Gasteiger partial charge in [0.25, 0.3) is 0 Å². The van der Waals surface area contributed by atoms with E-state index in [9.17, 15) is 0 Å². The van der Waals surface area contributed by atoms with Crippen LogP contribution in [0, 0.1) is 3.57 Å². The van der Waals surface area contributed by atoms with Gasteiger partial charge >= 0.3 is 0 Å². The maximum Gasteiger partial charge on any atom is 0.127 e. The van der Waals surface area contributed by atoms with Crippen LogP contribution in [0.5, 0.6) is 0 Å². The van der Waals surface area contributed by atoms with E-state index in [0.29, 0.717) is 11.1 Å². The zero-order chi connectivity index (χ0) is 9.97. The number of nitrogens with zero attached hydrogens (tertiary/aromatic N) is 1. The summed E-state index contributed by atoms with van der Waals surface area (Å²) in [7, 11) is 0. The van der Waals surface area contributed by atoms with Gasteiger partial charge < -0.3 is 10.1 Å². The van der Waals surface area contributed by atoms with Crippen LogP contribution in [0.15, 0.2) is 12.3 Å². The SMILES string of the molecule is Clc1cnc(NC2CCOC2)cc1I. The van der Waals surface area contributed by atoms with Crippen molar-refractivity contribution in [2.24, 2.45) is 0 Å². The molecule has 2 heterocycles. The van der Waals surface area contributed by atoms with Crippen LogP contribution in [-0.4, -0.2) is 24.2 Å². The smallest absolute Gasteiger partial charge is 0.127 e. The molecule has 1 unspecified atom stereocenters. The highest BCUT2D eigenvalue weighted by Crippen LogP contribution is 2.20. The Kier molecular flexibility index (Phi) is 3.46. The third-order valence-electron chi connectivity index (χ3n) is 2.09. The molecule has 0 spiro atoms. The van der Waals surface area contributed by atoms with E-state index in [2.05, 4.69) is 32.9 Å². The average Bonchev–Trinajstić information content (AvgIpc) is 2.64. The molecule has 1 aliphatic heterocycles. The summed E-state index contributed by atoms with van der Waals surface area (Å²) in [6, 6.07) is 2.33. The van der Waals surface area contributed by atoms with Crippen LogP contribution in [0.3, 0.4) is 0 Å². The van der Waals surface area contributed by atoms with Gasteiger partial charge in [-0.3, -0.25) is 0 Å². The number of nitrogens with one attached hydrogen (secondary N) is 1. The van der Waals surface area contributed by atoms with E-state index in [4.69, 9.17) is 16.3 Å². The molecule has 1 fully saturated rings. The monoisotopic (exact) mass is 324 g/mol. The van der Waals surface area contributed by atoms with Crippen molar-refractivity contribution in [3.8, 4) is 0 Å². The van der Waals surface area contributed by atoms with Gasteiger partial charge in [-0.05, 0) is 35.1 Å². The van der Waals surface area contributed by atoms with Crippen LogP contribution in [0.25, 0.3) is 0 Å². The van der Waals surface area contributed by atoms with Gasteiger partial charge in [0.15, 0.2) is 0 Å². The molecule has 14 heavy (non-hydrogen) atoms. The second kappa shape index (κ2) is 4.63. The van der Waals surface area contributed by atoms with Crippen molar-refractivity contribution in [1.82, 2.24) is 4.98 Å². The molecule has 1 aliphatic rings. The molecule has 2 rings (SSSR count). The summed E-state index contributed by atoms with van der Waals surface area (Å²) >= 11 is 8.07. The first-order valence-electron chi connectivity index (χ1n) is 4.41. The van der Waals surface area contributed by atoms with Crippen molar-refractivity contribution >= 4 is 40.0 Å². The van der Waals surface area contributed by atoms with Crippen molar-refractivity contribution < 1.29 is 4.74 Å². The summed E-state index contributed by atoms with van der Waals surface area (Å²) in [4.78, 5) is 4.20. The second-order valence-electron chi connectivity index (χ2n) is 3.19. The normalized spacial score (nSPS) is 21.1. The molecule has 0 bridgehead atoms. The molecule has 1 aromatic rings. The van der Waals surface area contributed by atoms with E-state index < -0.39 is 0 Å². The highest BCUT2D eigenvalue weighted by Gasteiger charge is 2.15. The van der Waals surface area contributed by atoms with Gasteiger partial charge in [-0.2, -0.15) is 0 Å². The Morgan fingerprint density at radius 1 is 1.64 bits per heavy atom. The largest absolute Gasteiger partial charge is 0.379 e. The van der Waals surface area contributed by atoms with Gasteiger partial charge in [0.05, 0.1) is 17.7 Å². The Labute approximate surface area is 101 Å². The number of ether oxygens (including phenoxy) is 1. The molecule has 0 saturated carbocycles. The first kappa shape index (κ1) is 10.4. The summed E-state index contributed by atoms with van der Waals surface area (Å²) in [5.74, 6) is 0.870. The lowest BCUT2D eigenvalue weighted by Crippen LogP contribution is -2.19. The fourth-order valence-electron chi connectivity index (χ4n) is 1.35. The highest BCUT2D eigenvalue weighted by atomic mass is 127. The zero-order valence-corrected chi connectivity index (χ0v) is 10.4. The number of aromatic nitrogens is 1. The maximum atomic E-state index is 5.87. The minimum absolute atomic E-state index is 0.388. The van der Waals surface area contributed by atoms with Gasteiger partial charge in [0, 0.05) is 16.4 Å². The number of anilines is 1. The lowest BCUT2D eigenvalue weighted by atomic mass is 10.2. The van der Waals surface area contributed by atoms with Crippen molar-refractivity contribution in [2.45, 2.75) is 12.5 Å². The molecule has 0 amide bonds. The first-order valence-corrected chi connectivity index (χ1v) is 5.87. The van der Waals surface area contributed by atoms with E-state index in [0.717, 1.165) is 29.0 Å². The molecule has 76 valence electrons. The summed E-state index contributed by atoms with van der Waals surface area (Å²) in [5, 5.41) is 4.00. The van der Waals surface area contributed by atoms with Crippen molar-refractivity contribution in [2.75, 3.05) is 18.5 Å². The molecule has 0 aliphatic carbocycles. The van der Waals surface area contributed by atoms with E-state index in [-0.39, 0.29) is 0 Å². The summed E-state index contributed by atoms with van der Waals surface area (Å²) in [5.41, 5.74) is 0. The van der Waals surface area contributed by atoms with Crippen LogP contribution in [0.4, 0.5) is 5.82 Å². The van der Waals surface area contributed by atoms with Crippen LogP contribution < -0.4 is 5.32 Å². The van der Waals surface area contributed by atoms with Crippen LogP contribution >= 0.6 is 34.2 Å². The maximum absolute atomic E-state index is 5.87. The van der Waals surface area contributed by atoms with Gasteiger partial charge in [0.1, 0.15) is 5.82 Å². The fourth-order valence-corrected chi connectivity index (χ4v) is 1.89. The van der Waals surface area contributed by atoms with E-state index >= 15 is 0 Å². The van der Waals surface area contributed by atoms with Gasteiger partial charge in [-0.15, -0.1) is 0 Å². The number of pyridine rings is 1. The minimum atomic E-state index is 0.388. The predicted molar refractivity (Wildman–Crippen MR) is 64.8 cm³/mol. The van der Waals surface area contributed by atoms with Crippen LogP contribution in [0.1, 0.15) is 6.42 Å². The zero-order valence-electron chi connectivity index (χ0n) is 7.46. The Balaban J connectivity index is 2.05. The lowest BCUT2D eigenvalue weighted by molar-refractivity contribution is 0.195. The quantitative estimate of drug-likeness (QED) is 0.849. The molecule has 1 saturated heterocycles. The number of rotatable bonds is 2. The molecule has 1 aromatic heterocycles.